The lowest BCUT2D eigenvalue weighted by Crippen LogP contribution is -2.48. The predicted octanol–water partition coefficient (Wildman–Crippen LogP) is 2.16. The number of halogens is 1. The van der Waals surface area contributed by atoms with Crippen LogP contribution in [0.3, 0.4) is 0 Å². The lowest BCUT2D eigenvalue weighted by atomic mass is 10.3. The number of amides is 1. The molecule has 3 rings (SSSR count). The molecule has 19 heavy (non-hydrogen) atoms. The van der Waals surface area contributed by atoms with Crippen molar-refractivity contribution >= 4 is 43.5 Å². The monoisotopic (exact) mass is 342 g/mol. The summed E-state index contributed by atoms with van der Waals surface area (Å²) >= 11 is 4.86. The molecule has 0 aliphatic carbocycles. The van der Waals surface area contributed by atoms with Gasteiger partial charge in [0.25, 0.3) is 5.91 Å². The van der Waals surface area contributed by atoms with Crippen molar-refractivity contribution in [1.82, 2.24) is 19.8 Å². The fourth-order valence-electron chi connectivity index (χ4n) is 2.34. The summed E-state index contributed by atoms with van der Waals surface area (Å²) < 4.78 is 0.837. The number of carbonyl (C=O) groups is 1. The first-order valence-corrected chi connectivity index (χ1v) is 7.95. The van der Waals surface area contributed by atoms with Gasteiger partial charge in [-0.1, -0.05) is 18.3 Å². The summed E-state index contributed by atoms with van der Waals surface area (Å²) in [6, 6.07) is 1.84. The molecule has 102 valence electrons. The Hall–Kier alpha value is -0.920. The Labute approximate surface area is 123 Å². The third-order valence-corrected chi connectivity index (χ3v) is 4.93. The molecule has 0 spiro atoms. The van der Waals surface area contributed by atoms with E-state index in [-0.39, 0.29) is 5.91 Å². The number of hydrogen-bond donors (Lipinski definition) is 1. The second-order valence-electron chi connectivity index (χ2n) is 4.59. The maximum atomic E-state index is 12.4. The maximum Gasteiger partial charge on any atom is 0.270 e. The minimum absolute atomic E-state index is 0.0806. The molecule has 5 nitrogen and oxygen atoms in total. The summed E-state index contributed by atoms with van der Waals surface area (Å²) in [6.07, 6.45) is 0. The fourth-order valence-corrected chi connectivity index (χ4v) is 3.70. The molecule has 1 amide bonds. The van der Waals surface area contributed by atoms with Crippen LogP contribution in [0.15, 0.2) is 9.98 Å². The van der Waals surface area contributed by atoms with Crippen LogP contribution in [0.2, 0.25) is 0 Å². The molecule has 1 aliphatic heterocycles. The van der Waals surface area contributed by atoms with E-state index in [0.29, 0.717) is 5.69 Å². The van der Waals surface area contributed by atoms with Crippen LogP contribution in [0, 0.1) is 0 Å². The average molecular weight is 343 g/mol. The van der Waals surface area contributed by atoms with Crippen molar-refractivity contribution in [3.8, 4) is 0 Å². The summed E-state index contributed by atoms with van der Waals surface area (Å²) in [7, 11) is 0. The van der Waals surface area contributed by atoms with E-state index < -0.39 is 0 Å². The van der Waals surface area contributed by atoms with Crippen molar-refractivity contribution in [3.05, 3.63) is 15.7 Å². The van der Waals surface area contributed by atoms with Gasteiger partial charge in [0, 0.05) is 26.2 Å². The van der Waals surface area contributed by atoms with Gasteiger partial charge in [0.2, 0.25) is 0 Å². The van der Waals surface area contributed by atoms with E-state index in [2.05, 4.69) is 37.7 Å². The number of aromatic nitrogens is 2. The number of piperazine rings is 1. The third-order valence-electron chi connectivity index (χ3n) is 3.49. The Kier molecular flexibility index (Phi) is 3.60. The number of thiazole rings is 1. The number of carbonyl (C=O) groups excluding carboxylic acids is 1. The number of aromatic amines is 1. The Morgan fingerprint density at radius 3 is 2.84 bits per heavy atom. The zero-order chi connectivity index (χ0) is 13.4. The highest BCUT2D eigenvalue weighted by Crippen LogP contribution is 2.26. The zero-order valence-corrected chi connectivity index (χ0v) is 13.1. The Morgan fingerprint density at radius 1 is 1.47 bits per heavy atom. The molecule has 2 aromatic rings. The molecule has 1 aliphatic rings. The SMILES string of the molecule is CCN1CCN(C(=O)c2cc3nc(Br)sc3[nH]2)CC1. The third kappa shape index (κ3) is 2.54. The van der Waals surface area contributed by atoms with Crippen molar-refractivity contribution in [3.63, 3.8) is 0 Å². The number of nitrogens with one attached hydrogen (secondary N) is 1. The van der Waals surface area contributed by atoms with Gasteiger partial charge in [-0.05, 0) is 28.5 Å². The number of rotatable bonds is 2. The second kappa shape index (κ2) is 5.22. The molecule has 1 fully saturated rings. The molecule has 1 N–H and O–H groups in total. The largest absolute Gasteiger partial charge is 0.341 e. The van der Waals surface area contributed by atoms with Crippen LogP contribution in [-0.4, -0.2) is 58.4 Å². The van der Waals surface area contributed by atoms with E-state index in [1.54, 1.807) is 0 Å². The van der Waals surface area contributed by atoms with E-state index >= 15 is 0 Å². The summed E-state index contributed by atoms with van der Waals surface area (Å²) in [5, 5.41) is 0. The molecule has 0 saturated carbocycles. The minimum Gasteiger partial charge on any atom is -0.341 e. The van der Waals surface area contributed by atoms with E-state index in [1.165, 1.54) is 11.3 Å². The first-order chi connectivity index (χ1) is 9.17. The second-order valence-corrected chi connectivity index (χ2v) is 6.87. The van der Waals surface area contributed by atoms with Gasteiger partial charge in [-0.25, -0.2) is 4.98 Å². The maximum absolute atomic E-state index is 12.4. The van der Waals surface area contributed by atoms with Crippen molar-refractivity contribution in [2.45, 2.75) is 6.92 Å². The zero-order valence-electron chi connectivity index (χ0n) is 10.6. The molecular formula is C12H15BrN4OS. The molecule has 0 radical (unpaired) electrons. The Morgan fingerprint density at radius 2 is 2.21 bits per heavy atom. The van der Waals surface area contributed by atoms with Crippen LogP contribution in [-0.2, 0) is 0 Å². The van der Waals surface area contributed by atoms with Gasteiger partial charge < -0.3 is 14.8 Å². The van der Waals surface area contributed by atoms with E-state index in [1.807, 2.05) is 11.0 Å². The average Bonchev–Trinajstić information content (AvgIpc) is 2.95. The van der Waals surface area contributed by atoms with Crippen LogP contribution in [0.4, 0.5) is 0 Å². The number of H-pyrrole nitrogens is 1. The number of likely N-dealkylation sites (N-methyl/N-ethyl adjacent to an activating group) is 1. The lowest BCUT2D eigenvalue weighted by molar-refractivity contribution is 0.0638. The first kappa shape index (κ1) is 13.1. The highest BCUT2D eigenvalue weighted by Gasteiger charge is 2.23. The summed E-state index contributed by atoms with van der Waals surface area (Å²) in [4.78, 5) is 25.1. The number of nitrogens with zero attached hydrogens (tertiary/aromatic N) is 3. The van der Waals surface area contributed by atoms with Gasteiger partial charge in [0.05, 0.1) is 0 Å². The highest BCUT2D eigenvalue weighted by molar-refractivity contribution is 9.11. The van der Waals surface area contributed by atoms with Crippen LogP contribution in [0.5, 0.6) is 0 Å². The summed E-state index contributed by atoms with van der Waals surface area (Å²) in [6.45, 7) is 6.73. The molecule has 0 bridgehead atoms. The van der Waals surface area contributed by atoms with Gasteiger partial charge in [-0.3, -0.25) is 4.79 Å². The predicted molar refractivity (Wildman–Crippen MR) is 79.7 cm³/mol. The van der Waals surface area contributed by atoms with E-state index in [9.17, 15) is 4.79 Å². The Balaban J connectivity index is 1.74. The van der Waals surface area contributed by atoms with Crippen LogP contribution in [0.1, 0.15) is 17.4 Å². The topological polar surface area (TPSA) is 52.2 Å². The van der Waals surface area contributed by atoms with Gasteiger partial charge in [-0.2, -0.15) is 0 Å². The van der Waals surface area contributed by atoms with Crippen molar-refractivity contribution in [2.75, 3.05) is 32.7 Å². The minimum atomic E-state index is 0.0806. The molecule has 3 heterocycles. The summed E-state index contributed by atoms with van der Waals surface area (Å²) in [5.41, 5.74) is 1.50. The fraction of sp³-hybridized carbons (Fsp3) is 0.500. The highest BCUT2D eigenvalue weighted by atomic mass is 79.9. The van der Waals surface area contributed by atoms with Crippen LogP contribution < -0.4 is 0 Å². The van der Waals surface area contributed by atoms with Gasteiger partial charge in [0.15, 0.2) is 3.92 Å². The van der Waals surface area contributed by atoms with Crippen molar-refractivity contribution < 1.29 is 4.79 Å². The smallest absolute Gasteiger partial charge is 0.270 e. The quantitative estimate of drug-likeness (QED) is 0.909. The molecule has 7 heteroatoms. The normalized spacial score (nSPS) is 17.3. The first-order valence-electron chi connectivity index (χ1n) is 6.34. The molecular weight excluding hydrogens is 328 g/mol. The van der Waals surface area contributed by atoms with Gasteiger partial charge in [0.1, 0.15) is 16.0 Å². The molecule has 1 saturated heterocycles. The van der Waals surface area contributed by atoms with Gasteiger partial charge in [-0.15, -0.1) is 0 Å². The van der Waals surface area contributed by atoms with Gasteiger partial charge >= 0.3 is 0 Å². The van der Waals surface area contributed by atoms with E-state index in [4.69, 9.17) is 0 Å². The number of hydrogen-bond acceptors (Lipinski definition) is 4. The molecule has 0 aromatic carbocycles. The van der Waals surface area contributed by atoms with Crippen molar-refractivity contribution in [2.24, 2.45) is 0 Å². The van der Waals surface area contributed by atoms with Crippen LogP contribution in [0.25, 0.3) is 10.3 Å². The lowest BCUT2D eigenvalue weighted by Gasteiger charge is -2.33. The van der Waals surface area contributed by atoms with E-state index in [0.717, 1.165) is 47.0 Å². The molecule has 0 unspecified atom stereocenters. The number of fused-ring (bicyclic) bond motifs is 1. The summed E-state index contributed by atoms with van der Waals surface area (Å²) in [5.74, 6) is 0.0806. The van der Waals surface area contributed by atoms with Crippen LogP contribution >= 0.6 is 27.3 Å². The Bertz CT molecular complexity index is 568. The standard InChI is InChI=1S/C12H15BrN4OS/c1-2-16-3-5-17(6-4-16)11(18)9-7-8-10(14-9)19-12(13)15-8/h7,14H,2-6H2,1H3. The molecule has 0 atom stereocenters. The van der Waals surface area contributed by atoms with Crippen molar-refractivity contribution in [1.29, 1.82) is 0 Å². The molecule has 2 aromatic heterocycles.